The van der Waals surface area contributed by atoms with Gasteiger partial charge in [-0.1, -0.05) is 13.3 Å². The molecule has 0 saturated carbocycles. The van der Waals surface area contributed by atoms with Gasteiger partial charge in [-0.15, -0.1) is 0 Å². The van der Waals surface area contributed by atoms with Crippen molar-refractivity contribution in [2.75, 3.05) is 26.2 Å². The van der Waals surface area contributed by atoms with Crippen LogP contribution in [0.4, 0.5) is 0 Å². The Balaban J connectivity index is 3.30. The Kier molecular flexibility index (Phi) is 9.52. The van der Waals surface area contributed by atoms with E-state index < -0.39 is 0 Å². The molecule has 2 N–H and O–H groups in total. The summed E-state index contributed by atoms with van der Waals surface area (Å²) in [5, 5.41) is 5.91. The number of carbonyl (C=O) groups is 1. The highest BCUT2D eigenvalue weighted by Gasteiger charge is 2.02. The molecule has 0 fully saturated rings. The Bertz CT molecular complexity index is 163. The third-order valence-electron chi connectivity index (χ3n) is 2.02. The van der Waals surface area contributed by atoms with Crippen LogP contribution in [0, 0.1) is 0 Å². The summed E-state index contributed by atoms with van der Waals surface area (Å²) >= 11 is 0. The second-order valence-electron chi connectivity index (χ2n) is 3.60. The summed E-state index contributed by atoms with van der Waals surface area (Å²) in [6.45, 7) is 8.65. The van der Waals surface area contributed by atoms with Gasteiger partial charge in [-0.3, -0.25) is 4.79 Å². The lowest BCUT2D eigenvalue weighted by Gasteiger charge is -2.12. The van der Waals surface area contributed by atoms with Gasteiger partial charge in [0, 0.05) is 19.7 Å². The first kappa shape index (κ1) is 14.4. The van der Waals surface area contributed by atoms with E-state index in [-0.39, 0.29) is 12.0 Å². The number of nitrogens with one attached hydrogen (secondary N) is 2. The lowest BCUT2D eigenvalue weighted by molar-refractivity contribution is -0.120. The molecule has 0 aliphatic carbocycles. The minimum Gasteiger partial charge on any atom is -0.377 e. The lowest BCUT2D eigenvalue weighted by Crippen LogP contribution is -2.37. The number of hydrogen-bond donors (Lipinski definition) is 2. The Labute approximate surface area is 92.8 Å². The maximum atomic E-state index is 11.2. The Morgan fingerprint density at radius 1 is 1.40 bits per heavy atom. The van der Waals surface area contributed by atoms with Crippen LogP contribution in [0.25, 0.3) is 0 Å². The van der Waals surface area contributed by atoms with Crippen molar-refractivity contribution in [1.82, 2.24) is 10.6 Å². The minimum atomic E-state index is 0.0622. The topological polar surface area (TPSA) is 50.4 Å². The van der Waals surface area contributed by atoms with Gasteiger partial charge < -0.3 is 15.4 Å². The molecule has 4 heteroatoms. The Morgan fingerprint density at radius 3 is 2.73 bits per heavy atom. The van der Waals surface area contributed by atoms with Crippen molar-refractivity contribution in [3.05, 3.63) is 0 Å². The molecular weight excluding hydrogens is 192 g/mol. The predicted molar refractivity (Wildman–Crippen MR) is 61.9 cm³/mol. The van der Waals surface area contributed by atoms with Crippen LogP contribution in [-0.4, -0.2) is 38.3 Å². The summed E-state index contributed by atoms with van der Waals surface area (Å²) in [6, 6.07) is 0. The van der Waals surface area contributed by atoms with Crippen LogP contribution in [0.15, 0.2) is 0 Å². The van der Waals surface area contributed by atoms with E-state index in [9.17, 15) is 4.79 Å². The van der Waals surface area contributed by atoms with Crippen LogP contribution in [0.3, 0.4) is 0 Å². The summed E-state index contributed by atoms with van der Waals surface area (Å²) in [5.41, 5.74) is 0. The molecule has 1 atom stereocenters. The van der Waals surface area contributed by atoms with Gasteiger partial charge in [-0.25, -0.2) is 0 Å². The average molecular weight is 216 g/mol. The highest BCUT2D eigenvalue weighted by molar-refractivity contribution is 5.77. The van der Waals surface area contributed by atoms with Gasteiger partial charge in [0.05, 0.1) is 12.6 Å². The van der Waals surface area contributed by atoms with Crippen LogP contribution in [0.1, 0.15) is 33.6 Å². The van der Waals surface area contributed by atoms with Gasteiger partial charge >= 0.3 is 0 Å². The molecule has 0 radical (unpaired) electrons. The SMILES string of the molecule is CCCCNC(=O)CNCC(C)OCC. The third kappa shape index (κ3) is 9.69. The molecule has 0 aromatic heterocycles. The zero-order valence-electron chi connectivity index (χ0n) is 10.1. The van der Waals surface area contributed by atoms with Crippen LogP contribution < -0.4 is 10.6 Å². The summed E-state index contributed by atoms with van der Waals surface area (Å²) in [6.07, 6.45) is 2.31. The Hall–Kier alpha value is -0.610. The first-order valence-corrected chi connectivity index (χ1v) is 5.79. The van der Waals surface area contributed by atoms with E-state index in [0.29, 0.717) is 13.2 Å². The van der Waals surface area contributed by atoms with E-state index in [1.54, 1.807) is 0 Å². The number of rotatable bonds is 9. The van der Waals surface area contributed by atoms with E-state index in [2.05, 4.69) is 17.6 Å². The van der Waals surface area contributed by atoms with Crippen molar-refractivity contribution < 1.29 is 9.53 Å². The normalized spacial score (nSPS) is 12.5. The summed E-state index contributed by atoms with van der Waals surface area (Å²) in [5.74, 6) is 0.0622. The van der Waals surface area contributed by atoms with Crippen molar-refractivity contribution in [3.8, 4) is 0 Å². The molecule has 0 saturated heterocycles. The maximum absolute atomic E-state index is 11.2. The fraction of sp³-hybridized carbons (Fsp3) is 0.909. The molecule has 15 heavy (non-hydrogen) atoms. The van der Waals surface area contributed by atoms with Crippen molar-refractivity contribution in [2.24, 2.45) is 0 Å². The van der Waals surface area contributed by atoms with Crippen LogP contribution in [-0.2, 0) is 9.53 Å². The largest absolute Gasteiger partial charge is 0.377 e. The van der Waals surface area contributed by atoms with Crippen molar-refractivity contribution in [2.45, 2.75) is 39.7 Å². The highest BCUT2D eigenvalue weighted by atomic mass is 16.5. The number of amides is 1. The molecule has 1 amide bonds. The lowest BCUT2D eigenvalue weighted by atomic mass is 10.3. The molecule has 0 heterocycles. The summed E-state index contributed by atoms with van der Waals surface area (Å²) in [4.78, 5) is 11.2. The zero-order chi connectivity index (χ0) is 11.5. The monoisotopic (exact) mass is 216 g/mol. The standard InChI is InChI=1S/C11H24N2O2/c1-4-6-7-13-11(14)9-12-8-10(3)15-5-2/h10,12H,4-9H2,1-3H3,(H,13,14). The predicted octanol–water partition coefficient (Wildman–Crippen LogP) is 0.917. The molecule has 0 bridgehead atoms. The maximum Gasteiger partial charge on any atom is 0.233 e. The molecule has 0 aliphatic heterocycles. The first-order valence-electron chi connectivity index (χ1n) is 5.79. The molecule has 0 aromatic rings. The van der Waals surface area contributed by atoms with Gasteiger partial charge in [0.2, 0.25) is 5.91 Å². The van der Waals surface area contributed by atoms with Gasteiger partial charge in [-0.2, -0.15) is 0 Å². The van der Waals surface area contributed by atoms with Gasteiger partial charge in [-0.05, 0) is 20.3 Å². The van der Waals surface area contributed by atoms with Crippen molar-refractivity contribution in [3.63, 3.8) is 0 Å². The second-order valence-corrected chi connectivity index (χ2v) is 3.60. The quantitative estimate of drug-likeness (QED) is 0.563. The van der Waals surface area contributed by atoms with E-state index in [4.69, 9.17) is 4.74 Å². The third-order valence-corrected chi connectivity index (χ3v) is 2.02. The van der Waals surface area contributed by atoms with Gasteiger partial charge in [0.15, 0.2) is 0 Å². The molecule has 0 aliphatic rings. The number of unbranched alkanes of at least 4 members (excludes halogenated alkanes) is 1. The molecule has 1 unspecified atom stereocenters. The number of hydrogen-bond acceptors (Lipinski definition) is 3. The van der Waals surface area contributed by atoms with E-state index in [1.807, 2.05) is 13.8 Å². The molecule has 0 spiro atoms. The Morgan fingerprint density at radius 2 is 2.13 bits per heavy atom. The van der Waals surface area contributed by atoms with Crippen LogP contribution in [0.2, 0.25) is 0 Å². The van der Waals surface area contributed by atoms with Crippen molar-refractivity contribution in [1.29, 1.82) is 0 Å². The second kappa shape index (κ2) is 9.93. The molecular formula is C11H24N2O2. The highest BCUT2D eigenvalue weighted by Crippen LogP contribution is 1.86. The van der Waals surface area contributed by atoms with Gasteiger partial charge in [0.25, 0.3) is 0 Å². The fourth-order valence-corrected chi connectivity index (χ4v) is 1.20. The van der Waals surface area contributed by atoms with E-state index in [1.165, 1.54) is 0 Å². The van der Waals surface area contributed by atoms with Crippen LogP contribution in [0.5, 0.6) is 0 Å². The molecule has 90 valence electrons. The first-order chi connectivity index (χ1) is 7.20. The van der Waals surface area contributed by atoms with Crippen LogP contribution >= 0.6 is 0 Å². The number of carbonyl (C=O) groups excluding carboxylic acids is 1. The minimum absolute atomic E-state index is 0.0622. The fourth-order valence-electron chi connectivity index (χ4n) is 1.20. The number of ether oxygens (including phenoxy) is 1. The van der Waals surface area contributed by atoms with E-state index >= 15 is 0 Å². The summed E-state index contributed by atoms with van der Waals surface area (Å²) < 4.78 is 5.33. The smallest absolute Gasteiger partial charge is 0.233 e. The van der Waals surface area contributed by atoms with Gasteiger partial charge in [0.1, 0.15) is 0 Å². The van der Waals surface area contributed by atoms with E-state index in [0.717, 1.165) is 25.9 Å². The molecule has 0 aromatic carbocycles. The molecule has 0 rings (SSSR count). The average Bonchev–Trinajstić information content (AvgIpc) is 2.18. The summed E-state index contributed by atoms with van der Waals surface area (Å²) in [7, 11) is 0. The van der Waals surface area contributed by atoms with Crippen molar-refractivity contribution >= 4 is 5.91 Å². The molecule has 4 nitrogen and oxygen atoms in total. The zero-order valence-corrected chi connectivity index (χ0v) is 10.1.